The number of ether oxygens (including phenoxy) is 1. The number of benzene rings is 1. The van der Waals surface area contributed by atoms with E-state index in [9.17, 15) is 4.79 Å². The number of carbonyl (C=O) groups is 1. The molecule has 2 nitrogen and oxygen atoms in total. The molecule has 2 heteroatoms. The average molecular weight is 286 g/mol. The molecule has 0 aliphatic heterocycles. The largest absolute Gasteiger partial charge is 0.454 e. The molecule has 0 spiro atoms. The fraction of sp³-hybridized carbons (Fsp3) is 0.421. The third-order valence-corrected chi connectivity index (χ3v) is 3.81. The molecule has 0 bridgehead atoms. The normalized spacial score (nSPS) is 13.2. The van der Waals surface area contributed by atoms with Gasteiger partial charge in [-0.1, -0.05) is 70.2 Å². The highest BCUT2D eigenvalue weighted by Crippen LogP contribution is 2.34. The van der Waals surface area contributed by atoms with E-state index in [4.69, 9.17) is 4.74 Å². The van der Waals surface area contributed by atoms with Crippen molar-refractivity contribution in [1.82, 2.24) is 0 Å². The molecule has 0 amide bonds. The van der Waals surface area contributed by atoms with Crippen LogP contribution in [0.1, 0.15) is 56.8 Å². The Morgan fingerprint density at radius 2 is 2.00 bits per heavy atom. The Kier molecular flexibility index (Phi) is 7.52. The maximum atomic E-state index is 11.7. The third kappa shape index (κ3) is 4.89. The SMILES string of the molecule is C=CC(=O)OC(c1ccccc1C=C)C(CC)CCCC. The van der Waals surface area contributed by atoms with Crippen LogP contribution in [0.2, 0.25) is 0 Å². The summed E-state index contributed by atoms with van der Waals surface area (Å²) in [5.41, 5.74) is 2.06. The van der Waals surface area contributed by atoms with Gasteiger partial charge in [-0.3, -0.25) is 0 Å². The van der Waals surface area contributed by atoms with Gasteiger partial charge in [0.1, 0.15) is 6.10 Å². The van der Waals surface area contributed by atoms with Gasteiger partial charge in [0.25, 0.3) is 0 Å². The Bertz CT molecular complexity index is 476. The molecule has 0 aliphatic rings. The number of rotatable bonds is 9. The molecule has 1 rings (SSSR count). The summed E-state index contributed by atoms with van der Waals surface area (Å²) >= 11 is 0. The van der Waals surface area contributed by atoms with E-state index < -0.39 is 0 Å². The molecular weight excluding hydrogens is 260 g/mol. The van der Waals surface area contributed by atoms with Crippen LogP contribution in [0.25, 0.3) is 6.08 Å². The smallest absolute Gasteiger partial charge is 0.330 e. The Morgan fingerprint density at radius 3 is 2.57 bits per heavy atom. The van der Waals surface area contributed by atoms with Crippen molar-refractivity contribution in [1.29, 1.82) is 0 Å². The summed E-state index contributed by atoms with van der Waals surface area (Å²) in [5.74, 6) is -0.0521. The number of hydrogen-bond donors (Lipinski definition) is 0. The van der Waals surface area contributed by atoms with E-state index >= 15 is 0 Å². The van der Waals surface area contributed by atoms with E-state index in [1.54, 1.807) is 0 Å². The summed E-state index contributed by atoms with van der Waals surface area (Å²) in [5, 5.41) is 0. The summed E-state index contributed by atoms with van der Waals surface area (Å²) in [6.07, 6.45) is 7.11. The molecule has 0 heterocycles. The molecule has 21 heavy (non-hydrogen) atoms. The molecule has 0 saturated heterocycles. The summed E-state index contributed by atoms with van der Waals surface area (Å²) in [6.45, 7) is 11.7. The quantitative estimate of drug-likeness (QED) is 0.454. The van der Waals surface area contributed by atoms with Crippen LogP contribution < -0.4 is 0 Å². The van der Waals surface area contributed by atoms with Crippen LogP contribution in [0.3, 0.4) is 0 Å². The van der Waals surface area contributed by atoms with E-state index in [1.807, 2.05) is 30.3 Å². The van der Waals surface area contributed by atoms with Gasteiger partial charge in [-0.2, -0.15) is 0 Å². The lowest BCUT2D eigenvalue weighted by molar-refractivity contribution is -0.146. The van der Waals surface area contributed by atoms with Crippen LogP contribution in [0.4, 0.5) is 0 Å². The summed E-state index contributed by atoms with van der Waals surface area (Å²) < 4.78 is 5.67. The molecule has 2 unspecified atom stereocenters. The monoisotopic (exact) mass is 286 g/mol. The van der Waals surface area contributed by atoms with Gasteiger partial charge in [0.05, 0.1) is 0 Å². The second-order valence-corrected chi connectivity index (χ2v) is 5.21. The molecule has 0 radical (unpaired) electrons. The molecule has 1 aromatic rings. The first-order valence-electron chi connectivity index (χ1n) is 7.72. The highest BCUT2D eigenvalue weighted by Gasteiger charge is 2.26. The van der Waals surface area contributed by atoms with E-state index in [1.165, 1.54) is 6.08 Å². The molecule has 0 saturated carbocycles. The number of esters is 1. The third-order valence-electron chi connectivity index (χ3n) is 3.81. The van der Waals surface area contributed by atoms with Gasteiger partial charge < -0.3 is 4.74 Å². The summed E-state index contributed by atoms with van der Waals surface area (Å²) in [7, 11) is 0. The van der Waals surface area contributed by atoms with Crippen molar-refractivity contribution in [3.8, 4) is 0 Å². The first kappa shape index (κ1) is 17.2. The molecule has 114 valence electrons. The van der Waals surface area contributed by atoms with Crippen molar-refractivity contribution in [2.75, 3.05) is 0 Å². The lowest BCUT2D eigenvalue weighted by Gasteiger charge is -2.27. The van der Waals surface area contributed by atoms with Gasteiger partial charge in [-0.25, -0.2) is 4.79 Å². The van der Waals surface area contributed by atoms with Crippen LogP contribution in [0, 0.1) is 5.92 Å². The van der Waals surface area contributed by atoms with Crippen LogP contribution in [0.15, 0.2) is 43.5 Å². The molecule has 0 N–H and O–H groups in total. The second kappa shape index (κ2) is 9.17. The van der Waals surface area contributed by atoms with Gasteiger partial charge in [0, 0.05) is 12.0 Å². The molecule has 0 fully saturated rings. The first-order valence-corrected chi connectivity index (χ1v) is 7.72. The Morgan fingerprint density at radius 1 is 1.29 bits per heavy atom. The minimum atomic E-state index is -0.367. The fourth-order valence-corrected chi connectivity index (χ4v) is 2.58. The maximum absolute atomic E-state index is 11.7. The van der Waals surface area contributed by atoms with Crippen molar-refractivity contribution in [2.24, 2.45) is 5.92 Å². The minimum Gasteiger partial charge on any atom is -0.454 e. The van der Waals surface area contributed by atoms with E-state index in [0.29, 0.717) is 5.92 Å². The first-order chi connectivity index (χ1) is 10.2. The minimum absolute atomic E-state index is 0.235. The lowest BCUT2D eigenvalue weighted by Crippen LogP contribution is -2.19. The maximum Gasteiger partial charge on any atom is 0.330 e. The number of carbonyl (C=O) groups excluding carboxylic acids is 1. The van der Waals surface area contributed by atoms with Gasteiger partial charge in [-0.05, 0) is 24.0 Å². The Labute approximate surface area is 128 Å². The molecular formula is C19H26O2. The Hall–Kier alpha value is -1.83. The zero-order valence-corrected chi connectivity index (χ0v) is 13.2. The van der Waals surface area contributed by atoms with Gasteiger partial charge in [-0.15, -0.1) is 0 Å². The standard InChI is InChI=1S/C19H26O2/c1-5-9-12-16(7-3)19(21-18(20)8-4)17-14-11-10-13-15(17)6-2/h6,8,10-11,13-14,16,19H,2,4-5,7,9,12H2,1,3H3. The lowest BCUT2D eigenvalue weighted by atomic mass is 9.87. The second-order valence-electron chi connectivity index (χ2n) is 5.21. The van der Waals surface area contributed by atoms with E-state index in [-0.39, 0.29) is 12.1 Å². The zero-order chi connectivity index (χ0) is 15.7. The van der Waals surface area contributed by atoms with E-state index in [0.717, 1.165) is 36.8 Å². The van der Waals surface area contributed by atoms with Crippen LogP contribution in [-0.4, -0.2) is 5.97 Å². The predicted octanol–water partition coefficient (Wildman–Crippen LogP) is 5.32. The number of unbranched alkanes of at least 4 members (excludes halogenated alkanes) is 1. The van der Waals surface area contributed by atoms with Crippen molar-refractivity contribution in [2.45, 2.75) is 45.6 Å². The predicted molar refractivity (Wildman–Crippen MR) is 88.9 cm³/mol. The molecule has 2 atom stereocenters. The van der Waals surface area contributed by atoms with Crippen LogP contribution >= 0.6 is 0 Å². The zero-order valence-electron chi connectivity index (χ0n) is 13.2. The molecule has 0 aliphatic carbocycles. The summed E-state index contributed by atoms with van der Waals surface area (Å²) in [6, 6.07) is 7.97. The molecule has 0 aromatic heterocycles. The number of hydrogen-bond acceptors (Lipinski definition) is 2. The van der Waals surface area contributed by atoms with Crippen molar-refractivity contribution < 1.29 is 9.53 Å². The summed E-state index contributed by atoms with van der Waals surface area (Å²) in [4.78, 5) is 11.7. The van der Waals surface area contributed by atoms with E-state index in [2.05, 4.69) is 27.0 Å². The highest BCUT2D eigenvalue weighted by atomic mass is 16.5. The Balaban J connectivity index is 3.13. The van der Waals surface area contributed by atoms with Crippen molar-refractivity contribution >= 4 is 12.0 Å². The topological polar surface area (TPSA) is 26.3 Å². The highest BCUT2D eigenvalue weighted by molar-refractivity contribution is 5.81. The fourth-order valence-electron chi connectivity index (χ4n) is 2.58. The van der Waals surface area contributed by atoms with Crippen LogP contribution in [0.5, 0.6) is 0 Å². The molecule has 1 aromatic carbocycles. The van der Waals surface area contributed by atoms with Gasteiger partial charge in [0.2, 0.25) is 0 Å². The van der Waals surface area contributed by atoms with Crippen molar-refractivity contribution in [3.05, 3.63) is 54.6 Å². The van der Waals surface area contributed by atoms with Gasteiger partial charge >= 0.3 is 5.97 Å². The van der Waals surface area contributed by atoms with Crippen LogP contribution in [-0.2, 0) is 9.53 Å². The van der Waals surface area contributed by atoms with Gasteiger partial charge in [0.15, 0.2) is 0 Å². The van der Waals surface area contributed by atoms with Crippen molar-refractivity contribution in [3.63, 3.8) is 0 Å². The average Bonchev–Trinajstić information content (AvgIpc) is 2.54.